The lowest BCUT2D eigenvalue weighted by Gasteiger charge is -2.30. The molecule has 0 radical (unpaired) electrons. The summed E-state index contributed by atoms with van der Waals surface area (Å²) in [7, 11) is 0. The Balaban J connectivity index is 0.874. The van der Waals surface area contributed by atoms with E-state index >= 15 is 4.39 Å². The maximum absolute atomic E-state index is 15.2. The zero-order chi connectivity index (χ0) is 41.7. The molecule has 4 fully saturated rings. The Bertz CT molecular complexity index is 2280. The second-order valence-electron chi connectivity index (χ2n) is 15.1. The van der Waals surface area contributed by atoms with Crippen molar-refractivity contribution in [2.75, 3.05) is 51.0 Å². The minimum absolute atomic E-state index is 0.0581. The number of aliphatic hydroxyl groups excluding tert-OH is 4. The smallest absolute Gasteiger partial charge is 0.309 e. The van der Waals surface area contributed by atoms with Crippen LogP contribution in [-0.4, -0.2) is 143 Å². The highest BCUT2D eigenvalue weighted by molar-refractivity contribution is 5.73. The number of aromatic nitrogens is 6. The number of aliphatic hydroxyl groups is 4. The summed E-state index contributed by atoms with van der Waals surface area (Å²) in [6, 6.07) is 3.80. The molecular formula is C36H42F2N10O11. The van der Waals surface area contributed by atoms with Gasteiger partial charge in [0.25, 0.3) is 0 Å². The average molecular weight is 829 g/mol. The molecule has 23 heteroatoms. The van der Waals surface area contributed by atoms with E-state index in [2.05, 4.69) is 20.2 Å². The Hall–Kier alpha value is -5.19. The number of likely N-dealkylation sites (tertiary alicyclic amines) is 1. The van der Waals surface area contributed by atoms with Crippen LogP contribution in [0.15, 0.2) is 18.5 Å². The summed E-state index contributed by atoms with van der Waals surface area (Å²) in [5, 5.41) is 62.0. The number of ether oxygens (including phenoxy) is 5. The van der Waals surface area contributed by atoms with Gasteiger partial charge in [0.2, 0.25) is 5.60 Å². The summed E-state index contributed by atoms with van der Waals surface area (Å²) in [5.74, 6) is -3.83. The minimum Gasteiger partial charge on any atom is -0.463 e. The van der Waals surface area contributed by atoms with Crippen LogP contribution in [0.5, 0.6) is 0 Å². The van der Waals surface area contributed by atoms with Gasteiger partial charge in [-0.25, -0.2) is 27.8 Å². The monoisotopic (exact) mass is 828 g/mol. The highest BCUT2D eigenvalue weighted by Crippen LogP contribution is 2.42. The van der Waals surface area contributed by atoms with E-state index in [0.717, 1.165) is 23.0 Å². The van der Waals surface area contributed by atoms with Gasteiger partial charge in [-0.2, -0.15) is 15.5 Å². The van der Waals surface area contributed by atoms with E-state index in [0.29, 0.717) is 52.0 Å². The van der Waals surface area contributed by atoms with E-state index in [4.69, 9.17) is 35.2 Å². The maximum atomic E-state index is 15.2. The minimum atomic E-state index is -2.29. The fraction of sp³-hybridized carbons (Fsp3) is 0.583. The Kier molecular flexibility index (Phi) is 11.1. The van der Waals surface area contributed by atoms with E-state index < -0.39 is 84.4 Å². The van der Waals surface area contributed by atoms with Gasteiger partial charge in [-0.05, 0) is 38.8 Å². The van der Waals surface area contributed by atoms with Crippen LogP contribution in [-0.2, 0) is 45.4 Å². The molecule has 8 N–H and O–H groups in total. The summed E-state index contributed by atoms with van der Waals surface area (Å²) < 4.78 is 60.0. The predicted octanol–water partition coefficient (Wildman–Crippen LogP) is -1.36. The first kappa shape index (κ1) is 40.6. The molecule has 0 aliphatic carbocycles. The predicted molar refractivity (Wildman–Crippen MR) is 192 cm³/mol. The number of nitriles is 1. The molecule has 0 bridgehead atoms. The van der Waals surface area contributed by atoms with Crippen molar-refractivity contribution in [2.45, 2.75) is 80.6 Å². The molecular weight excluding hydrogens is 786 g/mol. The topological polar surface area (TPSA) is 301 Å². The number of piperidine rings is 1. The van der Waals surface area contributed by atoms with Crippen LogP contribution in [0.1, 0.15) is 49.0 Å². The first-order valence-electron chi connectivity index (χ1n) is 19.0. The molecule has 8 rings (SSSR count). The van der Waals surface area contributed by atoms with Crippen molar-refractivity contribution in [1.29, 1.82) is 5.26 Å². The number of anilines is 2. The van der Waals surface area contributed by atoms with E-state index in [1.54, 1.807) is 0 Å². The van der Waals surface area contributed by atoms with Crippen LogP contribution in [0.3, 0.4) is 0 Å². The van der Waals surface area contributed by atoms with E-state index in [-0.39, 0.29) is 59.0 Å². The van der Waals surface area contributed by atoms with Crippen LogP contribution in [0.25, 0.3) is 11.0 Å². The third-order valence-electron chi connectivity index (χ3n) is 11.5. The zero-order valence-electron chi connectivity index (χ0n) is 31.3. The number of nitrogen functional groups attached to an aromatic ring is 2. The van der Waals surface area contributed by atoms with Gasteiger partial charge in [0.1, 0.15) is 79.4 Å². The summed E-state index contributed by atoms with van der Waals surface area (Å²) in [6.07, 6.45) is -7.51. The van der Waals surface area contributed by atoms with Crippen molar-refractivity contribution in [3.63, 3.8) is 0 Å². The summed E-state index contributed by atoms with van der Waals surface area (Å²) in [4.78, 5) is 35.6. The number of rotatable bonds is 10. The normalized spacial score (nSPS) is 29.6. The summed E-state index contributed by atoms with van der Waals surface area (Å²) in [5.41, 5.74) is 9.07. The van der Waals surface area contributed by atoms with Crippen molar-refractivity contribution in [3.8, 4) is 6.07 Å². The molecule has 8 atom stereocenters. The number of halogens is 2. The maximum Gasteiger partial charge on any atom is 0.309 e. The van der Waals surface area contributed by atoms with Crippen LogP contribution < -0.4 is 11.5 Å². The summed E-state index contributed by atoms with van der Waals surface area (Å²) in [6.45, 7) is 0.937. The molecule has 0 unspecified atom stereocenters. The molecule has 4 aliphatic heterocycles. The van der Waals surface area contributed by atoms with E-state index in [1.807, 2.05) is 11.0 Å². The van der Waals surface area contributed by atoms with Gasteiger partial charge >= 0.3 is 11.9 Å². The Labute approximate surface area is 333 Å². The van der Waals surface area contributed by atoms with E-state index in [9.17, 15) is 39.7 Å². The van der Waals surface area contributed by atoms with E-state index in [1.165, 1.54) is 4.52 Å². The average Bonchev–Trinajstić information content (AvgIpc) is 3.92. The third kappa shape index (κ3) is 7.28. The van der Waals surface area contributed by atoms with Crippen molar-refractivity contribution >= 4 is 34.6 Å². The summed E-state index contributed by atoms with van der Waals surface area (Å²) >= 11 is 0. The lowest BCUT2D eigenvalue weighted by molar-refractivity contribution is -0.157. The standard InChI is InChI=1S/C36H42F2N10O11/c37-18-9-20(30-29(51)27(49)21(58-30)12-56-35(54)17-3-7-55-8-4-17)47-26(18)33(41)44-24(45-47)11-46-5-1-16(2-6-46)34(53)57-13-22-28(50)31(52)36(14-39,59-22)23-10-19(38)25-32(40)42-15-43-48(23)25/h9-10,15-17,21-22,27-31,49-52H,1-8,11-13H2,(H2,40,42,43)(H2,41,44,45)/t21-,22-,27-,28-,29-,30+,31-,36+/m1/s1. The molecule has 4 aromatic rings. The number of hydrogen-bond acceptors (Lipinski definition) is 19. The van der Waals surface area contributed by atoms with Gasteiger partial charge < -0.3 is 55.6 Å². The number of nitrogens with zero attached hydrogens (tertiary/aromatic N) is 8. The molecule has 0 saturated carbocycles. The van der Waals surface area contributed by atoms with Crippen molar-refractivity contribution in [3.05, 3.63) is 47.3 Å². The number of fused-ring (bicyclic) bond motifs is 2. The highest BCUT2D eigenvalue weighted by atomic mass is 19.1. The first-order chi connectivity index (χ1) is 28.3. The molecule has 0 aromatic carbocycles. The number of carbonyl (C=O) groups excluding carboxylic acids is 2. The lowest BCUT2D eigenvalue weighted by atomic mass is 9.92. The number of carbonyl (C=O) groups is 2. The molecule has 4 aromatic heterocycles. The quantitative estimate of drug-likeness (QED) is 0.101. The van der Waals surface area contributed by atoms with Gasteiger partial charge in [0, 0.05) is 25.3 Å². The van der Waals surface area contributed by atoms with Gasteiger partial charge in [0.15, 0.2) is 29.1 Å². The number of hydrogen-bond donors (Lipinski definition) is 6. The van der Waals surface area contributed by atoms with Gasteiger partial charge in [0.05, 0.1) is 29.8 Å². The SMILES string of the molecule is N#C[C@@]1(c2cc(F)c3c(N)ncnn23)O[C@H](COC(=O)C2CCN(Cc3nc(N)c4c(F)cc([C@@H]5O[C@H](COC(=O)C6CCOCC6)[C@@H](O)[C@H]5O)n4n3)CC2)[C@@H](O)[C@H]1O. The Morgan fingerprint density at radius 1 is 0.898 bits per heavy atom. The Morgan fingerprint density at radius 2 is 1.54 bits per heavy atom. The molecule has 0 amide bonds. The van der Waals surface area contributed by atoms with Crippen LogP contribution in [0, 0.1) is 34.8 Å². The Morgan fingerprint density at radius 3 is 2.24 bits per heavy atom. The largest absolute Gasteiger partial charge is 0.463 e. The van der Waals surface area contributed by atoms with Gasteiger partial charge in [-0.3, -0.25) is 14.5 Å². The molecule has 59 heavy (non-hydrogen) atoms. The molecule has 4 saturated heterocycles. The fourth-order valence-electron chi connectivity index (χ4n) is 8.19. The second-order valence-corrected chi connectivity index (χ2v) is 15.1. The van der Waals surface area contributed by atoms with Gasteiger partial charge in [-0.1, -0.05) is 0 Å². The van der Waals surface area contributed by atoms with Crippen LogP contribution in [0.2, 0.25) is 0 Å². The molecule has 21 nitrogen and oxygen atoms in total. The van der Waals surface area contributed by atoms with Crippen molar-refractivity contribution in [2.24, 2.45) is 11.8 Å². The molecule has 4 aliphatic rings. The van der Waals surface area contributed by atoms with Crippen LogP contribution in [0.4, 0.5) is 20.4 Å². The highest BCUT2D eigenvalue weighted by Gasteiger charge is 2.58. The lowest BCUT2D eigenvalue weighted by Crippen LogP contribution is -2.41. The number of nitrogens with two attached hydrogens (primary N) is 2. The van der Waals surface area contributed by atoms with Crippen molar-refractivity contribution in [1.82, 2.24) is 34.1 Å². The molecule has 0 spiro atoms. The van der Waals surface area contributed by atoms with Crippen LogP contribution >= 0.6 is 0 Å². The number of esters is 2. The molecule has 8 heterocycles. The first-order valence-corrected chi connectivity index (χ1v) is 19.0. The zero-order valence-corrected chi connectivity index (χ0v) is 31.3. The van der Waals surface area contributed by atoms with Gasteiger partial charge in [-0.15, -0.1) is 0 Å². The fourth-order valence-corrected chi connectivity index (χ4v) is 8.19. The molecule has 316 valence electrons. The van der Waals surface area contributed by atoms with Crippen molar-refractivity contribution < 1.29 is 62.5 Å². The third-order valence-corrected chi connectivity index (χ3v) is 11.5. The second kappa shape index (κ2) is 16.1.